The van der Waals surface area contributed by atoms with Crippen LogP contribution in [0.1, 0.15) is 74.7 Å². The van der Waals surface area contributed by atoms with E-state index in [1.165, 1.54) is 43.4 Å². The van der Waals surface area contributed by atoms with Gasteiger partial charge in [-0.2, -0.15) is 13.2 Å². The Labute approximate surface area is 211 Å². The van der Waals surface area contributed by atoms with Gasteiger partial charge < -0.3 is 14.6 Å². The molecule has 1 saturated carbocycles. The van der Waals surface area contributed by atoms with Crippen molar-refractivity contribution in [3.8, 4) is 11.5 Å². The number of rotatable bonds is 8. The molecule has 36 heavy (non-hydrogen) atoms. The minimum atomic E-state index is -4.32. The van der Waals surface area contributed by atoms with Crippen molar-refractivity contribution in [1.82, 2.24) is 0 Å². The number of aliphatic hydroxyl groups is 1. The Hall–Kier alpha value is -2.99. The van der Waals surface area contributed by atoms with Crippen LogP contribution in [0.25, 0.3) is 0 Å². The number of halogens is 3. The van der Waals surface area contributed by atoms with E-state index >= 15 is 0 Å². The van der Waals surface area contributed by atoms with Gasteiger partial charge in [0.2, 0.25) is 0 Å². The number of hydrogen-bond donors (Lipinski definition) is 1. The zero-order valence-electron chi connectivity index (χ0n) is 20.9. The third-order valence-corrected chi connectivity index (χ3v) is 6.20. The molecule has 3 nitrogen and oxygen atoms in total. The van der Waals surface area contributed by atoms with E-state index in [0.29, 0.717) is 18.3 Å². The first-order valence-electron chi connectivity index (χ1n) is 12.6. The lowest BCUT2D eigenvalue weighted by molar-refractivity contribution is -0.137. The van der Waals surface area contributed by atoms with Crippen molar-refractivity contribution in [3.63, 3.8) is 0 Å². The molecule has 0 saturated heterocycles. The molecule has 0 radical (unpaired) electrons. The molecule has 0 spiro atoms. The summed E-state index contributed by atoms with van der Waals surface area (Å²) >= 11 is 0. The predicted molar refractivity (Wildman–Crippen MR) is 136 cm³/mol. The quantitative estimate of drug-likeness (QED) is 0.338. The van der Waals surface area contributed by atoms with Gasteiger partial charge in [-0.15, -0.1) is 0 Å². The molecule has 2 atom stereocenters. The van der Waals surface area contributed by atoms with E-state index in [9.17, 15) is 18.3 Å². The van der Waals surface area contributed by atoms with Crippen LogP contribution in [0.3, 0.4) is 0 Å². The summed E-state index contributed by atoms with van der Waals surface area (Å²) < 4.78 is 48.8. The lowest BCUT2D eigenvalue weighted by atomic mass is 9.97. The molecule has 1 aliphatic rings. The Morgan fingerprint density at radius 3 is 2.08 bits per heavy atom. The van der Waals surface area contributed by atoms with E-state index < -0.39 is 17.8 Å². The number of para-hydroxylation sites is 1. The van der Waals surface area contributed by atoms with E-state index in [4.69, 9.17) is 9.47 Å². The Morgan fingerprint density at radius 2 is 1.50 bits per heavy atom. The average molecular weight is 501 g/mol. The van der Waals surface area contributed by atoms with Gasteiger partial charge in [0.15, 0.2) is 0 Å². The van der Waals surface area contributed by atoms with Crippen LogP contribution in [0.4, 0.5) is 13.2 Å². The highest BCUT2D eigenvalue weighted by atomic mass is 19.4. The zero-order chi connectivity index (χ0) is 26.0. The molecule has 0 heterocycles. The van der Waals surface area contributed by atoms with Crippen LogP contribution in [0, 0.1) is 0 Å². The number of aliphatic hydroxyl groups excluding tert-OH is 1. The molecule has 1 aliphatic carbocycles. The summed E-state index contributed by atoms with van der Waals surface area (Å²) in [5.41, 5.74) is 1.66. The van der Waals surface area contributed by atoms with Gasteiger partial charge in [-0.25, -0.2) is 0 Å². The van der Waals surface area contributed by atoms with Crippen LogP contribution in [0.2, 0.25) is 0 Å². The van der Waals surface area contributed by atoms with E-state index in [0.717, 1.165) is 29.9 Å². The van der Waals surface area contributed by atoms with Crippen molar-refractivity contribution in [2.75, 3.05) is 6.61 Å². The highest BCUT2D eigenvalue weighted by Gasteiger charge is 2.30. The van der Waals surface area contributed by atoms with Crippen LogP contribution in [-0.4, -0.2) is 17.8 Å². The second-order valence-electron chi connectivity index (χ2n) is 9.13. The van der Waals surface area contributed by atoms with Crippen LogP contribution >= 0.6 is 0 Å². The van der Waals surface area contributed by atoms with Gasteiger partial charge >= 0.3 is 6.18 Å². The number of benzene rings is 3. The van der Waals surface area contributed by atoms with E-state index in [-0.39, 0.29) is 6.10 Å². The van der Waals surface area contributed by atoms with Crippen molar-refractivity contribution in [2.24, 2.45) is 0 Å². The maximum absolute atomic E-state index is 12.5. The maximum Gasteiger partial charge on any atom is 0.416 e. The van der Waals surface area contributed by atoms with Crippen molar-refractivity contribution >= 4 is 0 Å². The Balaban J connectivity index is 0.000000205. The second-order valence-corrected chi connectivity index (χ2v) is 9.13. The minimum Gasteiger partial charge on any atom is -0.491 e. The van der Waals surface area contributed by atoms with Crippen LogP contribution in [0.5, 0.6) is 11.5 Å². The summed E-state index contributed by atoms with van der Waals surface area (Å²) in [4.78, 5) is 0. The lowest BCUT2D eigenvalue weighted by Gasteiger charge is -2.18. The number of alkyl halides is 3. The van der Waals surface area contributed by atoms with Crippen molar-refractivity contribution in [1.29, 1.82) is 0 Å². The molecular formula is C30H35F3O3. The topological polar surface area (TPSA) is 38.7 Å². The molecule has 0 amide bonds. The molecule has 3 aromatic carbocycles. The molecule has 4 rings (SSSR count). The monoisotopic (exact) mass is 500 g/mol. The van der Waals surface area contributed by atoms with Gasteiger partial charge in [0.25, 0.3) is 0 Å². The molecule has 2 unspecified atom stereocenters. The Morgan fingerprint density at radius 1 is 0.889 bits per heavy atom. The molecule has 6 heteroatoms. The maximum atomic E-state index is 12.5. The van der Waals surface area contributed by atoms with Crippen LogP contribution < -0.4 is 9.47 Å². The van der Waals surface area contributed by atoms with Gasteiger partial charge in [0.05, 0.1) is 11.7 Å². The van der Waals surface area contributed by atoms with Crippen LogP contribution in [-0.2, 0) is 6.18 Å². The molecular weight excluding hydrogens is 465 g/mol. The van der Waals surface area contributed by atoms with Crippen molar-refractivity contribution in [3.05, 3.63) is 95.6 Å². The van der Waals surface area contributed by atoms with Gasteiger partial charge in [-0.05, 0) is 73.6 Å². The summed E-state index contributed by atoms with van der Waals surface area (Å²) in [6.07, 6.45) is 1.06. The normalized spacial score (nSPS) is 15.5. The standard InChI is InChI=1S/C16H15F3O.C14H20O2/c1-2-15(12-6-4-3-5-7-12)20-14-10-8-13(9-11-14)16(17,18)19;1-11(15)10-16-14-9-5-4-8-13(14)12-6-2-3-7-12/h3-11,15H,2H2,1H3;4-5,8-9,11-12,15H,2-3,6-7,10H2,1H3. The van der Waals surface area contributed by atoms with Gasteiger partial charge in [-0.3, -0.25) is 0 Å². The predicted octanol–water partition coefficient (Wildman–Crippen LogP) is 8.34. The largest absolute Gasteiger partial charge is 0.491 e. The van der Waals surface area contributed by atoms with E-state index in [1.807, 2.05) is 49.4 Å². The van der Waals surface area contributed by atoms with Gasteiger partial charge in [0, 0.05) is 0 Å². The third kappa shape index (κ3) is 8.30. The first-order chi connectivity index (χ1) is 17.3. The molecule has 1 N–H and O–H groups in total. The first kappa shape index (κ1) is 27.6. The number of hydrogen-bond acceptors (Lipinski definition) is 3. The van der Waals surface area contributed by atoms with Gasteiger partial charge in [-0.1, -0.05) is 68.3 Å². The summed E-state index contributed by atoms with van der Waals surface area (Å²) in [5, 5.41) is 9.24. The first-order valence-corrected chi connectivity index (χ1v) is 12.6. The smallest absolute Gasteiger partial charge is 0.416 e. The molecule has 3 aromatic rings. The van der Waals surface area contributed by atoms with Crippen LogP contribution in [0.15, 0.2) is 78.9 Å². The fourth-order valence-electron chi connectivity index (χ4n) is 4.34. The molecule has 0 aromatic heterocycles. The fraction of sp³-hybridized carbons (Fsp3) is 0.400. The minimum absolute atomic E-state index is 0.159. The summed E-state index contributed by atoms with van der Waals surface area (Å²) in [6.45, 7) is 4.10. The van der Waals surface area contributed by atoms with E-state index in [2.05, 4.69) is 12.1 Å². The highest BCUT2D eigenvalue weighted by molar-refractivity contribution is 5.36. The summed E-state index contributed by atoms with van der Waals surface area (Å²) in [7, 11) is 0. The molecule has 1 fully saturated rings. The molecule has 0 aliphatic heterocycles. The van der Waals surface area contributed by atoms with Crippen molar-refractivity contribution in [2.45, 2.75) is 70.3 Å². The Bertz CT molecular complexity index is 1030. The van der Waals surface area contributed by atoms with E-state index in [1.54, 1.807) is 6.92 Å². The summed E-state index contributed by atoms with van der Waals surface area (Å²) in [5.74, 6) is 2.05. The second kappa shape index (κ2) is 13.4. The number of ether oxygens (including phenoxy) is 2. The SMILES string of the molecule is CC(O)COc1ccccc1C1CCCC1.CCC(Oc1ccc(C(F)(F)F)cc1)c1ccccc1. The fourth-order valence-corrected chi connectivity index (χ4v) is 4.34. The van der Waals surface area contributed by atoms with Crippen molar-refractivity contribution < 1.29 is 27.8 Å². The zero-order valence-corrected chi connectivity index (χ0v) is 20.9. The lowest BCUT2D eigenvalue weighted by Crippen LogP contribution is -2.14. The third-order valence-electron chi connectivity index (χ3n) is 6.20. The van der Waals surface area contributed by atoms with Gasteiger partial charge in [0.1, 0.15) is 24.2 Å². The highest BCUT2D eigenvalue weighted by Crippen LogP contribution is 2.38. The summed E-state index contributed by atoms with van der Waals surface area (Å²) in [6, 6.07) is 22.6. The molecule has 194 valence electrons. The molecule has 0 bridgehead atoms. The Kier molecular flexibility index (Phi) is 10.2. The average Bonchev–Trinajstić information content (AvgIpc) is 3.42.